The summed E-state index contributed by atoms with van der Waals surface area (Å²) in [4.78, 5) is 22.6. The summed E-state index contributed by atoms with van der Waals surface area (Å²) in [5, 5.41) is 14.1. The molecule has 6 nitrogen and oxygen atoms in total. The molecule has 0 aliphatic heterocycles. The van der Waals surface area contributed by atoms with E-state index >= 15 is 0 Å². The molecule has 0 saturated carbocycles. The lowest BCUT2D eigenvalue weighted by atomic mass is 9.99. The number of hydrogen-bond acceptors (Lipinski definition) is 3. The second-order valence-electron chi connectivity index (χ2n) is 5.70. The molecule has 0 fully saturated rings. The van der Waals surface area contributed by atoms with E-state index in [1.165, 1.54) is 18.2 Å². The molecule has 0 radical (unpaired) electrons. The highest BCUT2D eigenvalue weighted by Crippen LogP contribution is 2.28. The number of alkyl halides is 2. The Morgan fingerprint density at radius 2 is 2.04 bits per heavy atom. The Labute approximate surface area is 143 Å². The number of amides is 2. The molecular formula is C15H19ClF2N2O4. The summed E-state index contributed by atoms with van der Waals surface area (Å²) >= 11 is 5.79. The van der Waals surface area contributed by atoms with Crippen molar-refractivity contribution in [1.29, 1.82) is 0 Å². The molecule has 0 spiro atoms. The zero-order chi connectivity index (χ0) is 18.3. The average Bonchev–Trinajstić information content (AvgIpc) is 2.45. The fourth-order valence-corrected chi connectivity index (χ4v) is 1.98. The fourth-order valence-electron chi connectivity index (χ4n) is 1.81. The van der Waals surface area contributed by atoms with Crippen LogP contribution in [0.1, 0.15) is 26.7 Å². The van der Waals surface area contributed by atoms with Crippen LogP contribution in [0.2, 0.25) is 5.02 Å². The van der Waals surface area contributed by atoms with Gasteiger partial charge in [0.2, 0.25) is 0 Å². The predicted molar refractivity (Wildman–Crippen MR) is 86.1 cm³/mol. The summed E-state index contributed by atoms with van der Waals surface area (Å²) in [6.07, 6.45) is -2.54. The maximum atomic E-state index is 12.3. The number of carboxylic acid groups (broad SMARTS) is 1. The Kier molecular flexibility index (Phi) is 7.21. The number of urea groups is 1. The van der Waals surface area contributed by atoms with E-state index in [0.717, 1.165) is 0 Å². The predicted octanol–water partition coefficient (Wildman–Crippen LogP) is 3.75. The summed E-state index contributed by atoms with van der Waals surface area (Å²) < 4.78 is 29.5. The maximum Gasteiger partial charge on any atom is 0.319 e. The third-order valence-corrected chi connectivity index (χ3v) is 3.21. The third kappa shape index (κ3) is 7.45. The van der Waals surface area contributed by atoms with Gasteiger partial charge in [0, 0.05) is 23.0 Å². The maximum absolute atomic E-state index is 12.3. The van der Waals surface area contributed by atoms with Crippen LogP contribution in [0.3, 0.4) is 0 Å². The first-order valence-electron chi connectivity index (χ1n) is 7.10. The zero-order valence-electron chi connectivity index (χ0n) is 13.2. The monoisotopic (exact) mass is 364 g/mol. The second-order valence-corrected chi connectivity index (χ2v) is 6.14. The van der Waals surface area contributed by atoms with Gasteiger partial charge in [-0.05, 0) is 32.4 Å². The van der Waals surface area contributed by atoms with Crippen molar-refractivity contribution in [1.82, 2.24) is 5.32 Å². The SMILES string of the molecule is CC(C)(CCC(=O)O)NC(=O)Nc1ccc(Cl)cc1OCC(F)F. The highest BCUT2D eigenvalue weighted by atomic mass is 35.5. The van der Waals surface area contributed by atoms with Crippen molar-refractivity contribution in [3.05, 3.63) is 23.2 Å². The molecule has 0 aliphatic rings. The number of carboxylic acids is 1. The van der Waals surface area contributed by atoms with Crippen molar-refractivity contribution in [3.8, 4) is 5.75 Å². The van der Waals surface area contributed by atoms with Crippen molar-refractivity contribution in [2.45, 2.75) is 38.7 Å². The lowest BCUT2D eigenvalue weighted by Crippen LogP contribution is -2.45. The Balaban J connectivity index is 2.73. The number of aliphatic carboxylic acids is 1. The van der Waals surface area contributed by atoms with Crippen LogP contribution < -0.4 is 15.4 Å². The van der Waals surface area contributed by atoms with Crippen molar-refractivity contribution in [2.75, 3.05) is 11.9 Å². The number of nitrogens with one attached hydrogen (secondary N) is 2. The minimum Gasteiger partial charge on any atom is -0.485 e. The van der Waals surface area contributed by atoms with E-state index in [1.807, 2.05) is 0 Å². The van der Waals surface area contributed by atoms with Gasteiger partial charge in [-0.1, -0.05) is 11.6 Å². The molecule has 1 aromatic rings. The highest BCUT2D eigenvalue weighted by molar-refractivity contribution is 6.30. The molecule has 0 unspecified atom stereocenters. The lowest BCUT2D eigenvalue weighted by Gasteiger charge is -2.26. The summed E-state index contributed by atoms with van der Waals surface area (Å²) in [6, 6.07) is 3.60. The molecule has 0 bridgehead atoms. The van der Waals surface area contributed by atoms with Crippen molar-refractivity contribution in [3.63, 3.8) is 0 Å². The molecule has 0 atom stereocenters. The average molecular weight is 365 g/mol. The molecule has 24 heavy (non-hydrogen) atoms. The molecule has 1 aromatic carbocycles. The molecule has 134 valence electrons. The summed E-state index contributed by atoms with van der Waals surface area (Å²) in [5.74, 6) is -0.952. The van der Waals surface area contributed by atoms with Gasteiger partial charge in [0.25, 0.3) is 6.43 Å². The van der Waals surface area contributed by atoms with Crippen LogP contribution in [-0.4, -0.2) is 35.7 Å². The van der Waals surface area contributed by atoms with Gasteiger partial charge in [0.15, 0.2) is 0 Å². The first-order valence-corrected chi connectivity index (χ1v) is 7.48. The smallest absolute Gasteiger partial charge is 0.319 e. The third-order valence-electron chi connectivity index (χ3n) is 2.97. The normalized spacial score (nSPS) is 11.2. The largest absolute Gasteiger partial charge is 0.485 e. The minimum absolute atomic E-state index is 0.0151. The van der Waals surface area contributed by atoms with E-state index in [1.54, 1.807) is 13.8 Å². The quantitative estimate of drug-likeness (QED) is 0.655. The highest BCUT2D eigenvalue weighted by Gasteiger charge is 2.22. The Bertz CT molecular complexity index is 597. The fraction of sp³-hybridized carbons (Fsp3) is 0.467. The van der Waals surface area contributed by atoms with Crippen LogP contribution in [-0.2, 0) is 4.79 Å². The molecule has 0 heterocycles. The van der Waals surface area contributed by atoms with Gasteiger partial charge in [-0.3, -0.25) is 4.79 Å². The van der Waals surface area contributed by atoms with E-state index in [4.69, 9.17) is 21.4 Å². The van der Waals surface area contributed by atoms with Gasteiger partial charge in [-0.15, -0.1) is 0 Å². The van der Waals surface area contributed by atoms with Crippen LogP contribution in [0.5, 0.6) is 5.75 Å². The molecule has 3 N–H and O–H groups in total. The van der Waals surface area contributed by atoms with Crippen LogP contribution in [0, 0.1) is 0 Å². The van der Waals surface area contributed by atoms with E-state index in [0.29, 0.717) is 0 Å². The number of rotatable bonds is 8. The molecule has 9 heteroatoms. The van der Waals surface area contributed by atoms with Crippen LogP contribution in [0.4, 0.5) is 19.3 Å². The minimum atomic E-state index is -2.67. The van der Waals surface area contributed by atoms with Crippen LogP contribution in [0.15, 0.2) is 18.2 Å². The summed E-state index contributed by atoms with van der Waals surface area (Å²) in [7, 11) is 0. The number of anilines is 1. The molecular weight excluding hydrogens is 346 g/mol. The van der Waals surface area contributed by atoms with E-state index in [9.17, 15) is 18.4 Å². The number of halogens is 3. The van der Waals surface area contributed by atoms with Crippen LogP contribution >= 0.6 is 11.6 Å². The molecule has 0 aromatic heterocycles. The van der Waals surface area contributed by atoms with E-state index < -0.39 is 30.6 Å². The number of ether oxygens (including phenoxy) is 1. The molecule has 1 rings (SSSR count). The van der Waals surface area contributed by atoms with Gasteiger partial charge < -0.3 is 20.5 Å². The van der Waals surface area contributed by atoms with E-state index in [-0.39, 0.29) is 29.3 Å². The van der Waals surface area contributed by atoms with Gasteiger partial charge in [-0.2, -0.15) is 0 Å². The lowest BCUT2D eigenvalue weighted by molar-refractivity contribution is -0.137. The molecule has 0 aliphatic carbocycles. The number of carbonyl (C=O) groups excluding carboxylic acids is 1. The number of hydrogen-bond donors (Lipinski definition) is 3. The second kappa shape index (κ2) is 8.68. The number of benzene rings is 1. The van der Waals surface area contributed by atoms with Gasteiger partial charge in [0.05, 0.1) is 5.69 Å². The molecule has 2 amide bonds. The first-order chi connectivity index (χ1) is 11.1. The van der Waals surface area contributed by atoms with Gasteiger partial charge >= 0.3 is 12.0 Å². The van der Waals surface area contributed by atoms with Crippen molar-refractivity contribution >= 4 is 29.3 Å². The van der Waals surface area contributed by atoms with Crippen molar-refractivity contribution in [2.24, 2.45) is 0 Å². The van der Waals surface area contributed by atoms with Gasteiger partial charge in [-0.25, -0.2) is 13.6 Å². The standard InChI is InChI=1S/C15H19ClF2N2O4/c1-15(2,6-5-13(21)22)20-14(23)19-10-4-3-9(16)7-11(10)24-8-12(17)18/h3-4,7,12H,5-6,8H2,1-2H3,(H,21,22)(H2,19,20,23). The first kappa shape index (κ1) is 20.0. The Morgan fingerprint density at radius 3 is 2.62 bits per heavy atom. The van der Waals surface area contributed by atoms with E-state index in [2.05, 4.69) is 10.6 Å². The summed E-state index contributed by atoms with van der Waals surface area (Å²) in [5.41, 5.74) is -0.592. The van der Waals surface area contributed by atoms with Crippen molar-refractivity contribution < 1.29 is 28.2 Å². The summed E-state index contributed by atoms with van der Waals surface area (Å²) in [6.45, 7) is 2.51. The molecule has 0 saturated heterocycles. The number of carbonyl (C=O) groups is 2. The zero-order valence-corrected chi connectivity index (χ0v) is 14.0. The van der Waals surface area contributed by atoms with Gasteiger partial charge in [0.1, 0.15) is 12.4 Å². The Hall–Kier alpha value is -2.09. The Morgan fingerprint density at radius 1 is 1.38 bits per heavy atom. The van der Waals surface area contributed by atoms with Crippen LogP contribution in [0.25, 0.3) is 0 Å². The topological polar surface area (TPSA) is 87.7 Å².